The quantitative estimate of drug-likeness (QED) is 0.771. The lowest BCUT2D eigenvalue weighted by Gasteiger charge is -2.03. The molecule has 0 aliphatic carbocycles. The van der Waals surface area contributed by atoms with Gasteiger partial charge in [-0.25, -0.2) is 0 Å². The van der Waals surface area contributed by atoms with Gasteiger partial charge in [0.25, 0.3) is 5.89 Å². The topological polar surface area (TPSA) is 86.2 Å². The van der Waals surface area contributed by atoms with Crippen LogP contribution < -0.4 is 10.1 Å². The SMILES string of the molecule is COc1ccccc1-c1nnc(CNc2cc(C)on2)o1. The normalized spacial score (nSPS) is 10.6. The van der Waals surface area contributed by atoms with E-state index >= 15 is 0 Å². The summed E-state index contributed by atoms with van der Waals surface area (Å²) in [6.45, 7) is 2.19. The lowest BCUT2D eigenvalue weighted by molar-refractivity contribution is 0.399. The van der Waals surface area contributed by atoms with Gasteiger partial charge in [0.15, 0.2) is 5.82 Å². The summed E-state index contributed by atoms with van der Waals surface area (Å²) in [5.41, 5.74) is 0.760. The number of ether oxygens (including phenoxy) is 1. The van der Waals surface area contributed by atoms with E-state index in [-0.39, 0.29) is 0 Å². The van der Waals surface area contributed by atoms with Crippen LogP contribution in [0.2, 0.25) is 0 Å². The van der Waals surface area contributed by atoms with Crippen molar-refractivity contribution in [3.05, 3.63) is 42.0 Å². The Morgan fingerprint density at radius 2 is 2.10 bits per heavy atom. The standard InChI is InChI=1S/C14H14N4O3/c1-9-7-12(18-21-9)15-8-13-16-17-14(20-13)10-5-3-4-6-11(10)19-2/h3-7H,8H2,1-2H3,(H,15,18). The number of aromatic nitrogens is 3. The molecule has 3 aromatic rings. The molecule has 0 atom stereocenters. The first-order valence-corrected chi connectivity index (χ1v) is 6.39. The van der Waals surface area contributed by atoms with Gasteiger partial charge < -0.3 is 19.0 Å². The molecule has 0 unspecified atom stereocenters. The summed E-state index contributed by atoms with van der Waals surface area (Å²) in [6.07, 6.45) is 0. The number of anilines is 1. The number of methoxy groups -OCH3 is 1. The molecule has 1 N–H and O–H groups in total. The van der Waals surface area contributed by atoms with Crippen LogP contribution in [0.1, 0.15) is 11.7 Å². The van der Waals surface area contributed by atoms with Gasteiger partial charge in [-0.15, -0.1) is 10.2 Å². The first kappa shape index (κ1) is 13.2. The smallest absolute Gasteiger partial charge is 0.251 e. The van der Waals surface area contributed by atoms with Crippen LogP contribution in [-0.2, 0) is 6.54 Å². The van der Waals surface area contributed by atoms with Crippen molar-refractivity contribution in [2.45, 2.75) is 13.5 Å². The number of para-hydroxylation sites is 1. The van der Waals surface area contributed by atoms with Crippen LogP contribution in [-0.4, -0.2) is 22.5 Å². The molecule has 2 heterocycles. The van der Waals surface area contributed by atoms with Crippen LogP contribution in [0.5, 0.6) is 5.75 Å². The van der Waals surface area contributed by atoms with Crippen molar-refractivity contribution in [2.24, 2.45) is 0 Å². The highest BCUT2D eigenvalue weighted by molar-refractivity contribution is 5.62. The predicted molar refractivity (Wildman–Crippen MR) is 74.9 cm³/mol. The third kappa shape index (κ3) is 2.86. The van der Waals surface area contributed by atoms with Crippen molar-refractivity contribution >= 4 is 5.82 Å². The second-order valence-corrected chi connectivity index (χ2v) is 4.38. The van der Waals surface area contributed by atoms with Crippen LogP contribution in [0, 0.1) is 6.92 Å². The molecule has 2 aromatic heterocycles. The molecule has 0 spiro atoms. The van der Waals surface area contributed by atoms with Crippen LogP contribution >= 0.6 is 0 Å². The molecule has 0 bridgehead atoms. The Labute approximate surface area is 120 Å². The number of aryl methyl sites for hydroxylation is 1. The Bertz CT molecular complexity index is 735. The first-order valence-electron chi connectivity index (χ1n) is 6.39. The molecule has 0 aliphatic rings. The minimum absolute atomic E-state index is 0.369. The van der Waals surface area contributed by atoms with Gasteiger partial charge in [0.2, 0.25) is 5.89 Å². The van der Waals surface area contributed by atoms with Gasteiger partial charge in [0.05, 0.1) is 19.2 Å². The molecule has 0 fully saturated rings. The van der Waals surface area contributed by atoms with E-state index in [4.69, 9.17) is 13.7 Å². The summed E-state index contributed by atoms with van der Waals surface area (Å²) < 4.78 is 15.9. The number of hydrogen-bond acceptors (Lipinski definition) is 7. The molecule has 0 saturated heterocycles. The molecule has 108 valence electrons. The Balaban J connectivity index is 1.74. The van der Waals surface area contributed by atoms with Crippen LogP contribution in [0.15, 0.2) is 39.3 Å². The molecule has 21 heavy (non-hydrogen) atoms. The number of rotatable bonds is 5. The molecular formula is C14H14N4O3. The molecule has 7 nitrogen and oxygen atoms in total. The summed E-state index contributed by atoms with van der Waals surface area (Å²) >= 11 is 0. The maximum absolute atomic E-state index is 5.62. The maximum atomic E-state index is 5.62. The van der Waals surface area contributed by atoms with Gasteiger partial charge >= 0.3 is 0 Å². The zero-order valence-corrected chi connectivity index (χ0v) is 11.7. The average molecular weight is 286 g/mol. The van der Waals surface area contributed by atoms with Crippen LogP contribution in [0.4, 0.5) is 5.82 Å². The van der Waals surface area contributed by atoms with E-state index in [9.17, 15) is 0 Å². The highest BCUT2D eigenvalue weighted by atomic mass is 16.5. The minimum Gasteiger partial charge on any atom is -0.496 e. The van der Waals surface area contributed by atoms with E-state index in [0.29, 0.717) is 29.9 Å². The zero-order valence-electron chi connectivity index (χ0n) is 11.7. The fourth-order valence-corrected chi connectivity index (χ4v) is 1.87. The van der Waals surface area contributed by atoms with Crippen molar-refractivity contribution < 1.29 is 13.7 Å². The number of nitrogens with one attached hydrogen (secondary N) is 1. The summed E-state index contributed by atoms with van der Waals surface area (Å²) in [7, 11) is 1.60. The Hall–Kier alpha value is -2.83. The van der Waals surface area contributed by atoms with E-state index in [0.717, 1.165) is 11.3 Å². The van der Waals surface area contributed by atoms with Crippen LogP contribution in [0.3, 0.4) is 0 Å². The minimum atomic E-state index is 0.369. The van der Waals surface area contributed by atoms with Crippen molar-refractivity contribution in [3.8, 4) is 17.2 Å². The van der Waals surface area contributed by atoms with Gasteiger partial charge in [0.1, 0.15) is 11.5 Å². The molecule has 1 aromatic carbocycles. The van der Waals surface area contributed by atoms with E-state index < -0.39 is 0 Å². The molecule has 7 heteroatoms. The van der Waals surface area contributed by atoms with E-state index in [1.54, 1.807) is 13.2 Å². The molecular weight excluding hydrogens is 272 g/mol. The molecule has 0 aliphatic heterocycles. The van der Waals surface area contributed by atoms with E-state index in [1.807, 2.05) is 31.2 Å². The van der Waals surface area contributed by atoms with Gasteiger partial charge in [-0.05, 0) is 19.1 Å². The van der Waals surface area contributed by atoms with Gasteiger partial charge in [0, 0.05) is 6.07 Å². The number of nitrogens with zero attached hydrogens (tertiary/aromatic N) is 3. The Morgan fingerprint density at radius 1 is 1.24 bits per heavy atom. The third-order valence-electron chi connectivity index (χ3n) is 2.85. The molecule has 3 rings (SSSR count). The fraction of sp³-hybridized carbons (Fsp3) is 0.214. The van der Waals surface area contributed by atoms with E-state index in [1.165, 1.54) is 0 Å². The average Bonchev–Trinajstić information content (AvgIpc) is 3.14. The first-order chi connectivity index (χ1) is 10.3. The lowest BCUT2D eigenvalue weighted by atomic mass is 10.2. The maximum Gasteiger partial charge on any atom is 0.251 e. The van der Waals surface area contributed by atoms with Crippen molar-refractivity contribution in [2.75, 3.05) is 12.4 Å². The third-order valence-corrected chi connectivity index (χ3v) is 2.85. The summed E-state index contributed by atoms with van der Waals surface area (Å²) in [5, 5.41) is 14.9. The monoisotopic (exact) mass is 286 g/mol. The van der Waals surface area contributed by atoms with Crippen molar-refractivity contribution in [1.29, 1.82) is 0 Å². The number of benzene rings is 1. The van der Waals surface area contributed by atoms with Crippen molar-refractivity contribution in [1.82, 2.24) is 15.4 Å². The summed E-state index contributed by atoms with van der Waals surface area (Å²) in [4.78, 5) is 0. The number of hydrogen-bond donors (Lipinski definition) is 1. The second-order valence-electron chi connectivity index (χ2n) is 4.38. The second kappa shape index (κ2) is 5.66. The highest BCUT2D eigenvalue weighted by Gasteiger charge is 2.13. The van der Waals surface area contributed by atoms with Crippen molar-refractivity contribution in [3.63, 3.8) is 0 Å². The van der Waals surface area contributed by atoms with Gasteiger partial charge in [-0.3, -0.25) is 0 Å². The zero-order chi connectivity index (χ0) is 14.7. The largest absolute Gasteiger partial charge is 0.496 e. The Morgan fingerprint density at radius 3 is 2.86 bits per heavy atom. The van der Waals surface area contributed by atoms with Crippen LogP contribution in [0.25, 0.3) is 11.5 Å². The van der Waals surface area contributed by atoms with E-state index in [2.05, 4.69) is 20.7 Å². The predicted octanol–water partition coefficient (Wildman–Crippen LogP) is 2.65. The fourth-order valence-electron chi connectivity index (χ4n) is 1.87. The molecule has 0 saturated carbocycles. The highest BCUT2D eigenvalue weighted by Crippen LogP contribution is 2.28. The molecule has 0 radical (unpaired) electrons. The summed E-state index contributed by atoms with van der Waals surface area (Å²) in [6, 6.07) is 9.27. The van der Waals surface area contributed by atoms with Gasteiger partial charge in [-0.2, -0.15) is 0 Å². The van der Waals surface area contributed by atoms with Gasteiger partial charge in [-0.1, -0.05) is 17.3 Å². The molecule has 0 amide bonds. The summed E-state index contributed by atoms with van der Waals surface area (Å²) in [5.74, 6) is 2.92. The lowest BCUT2D eigenvalue weighted by Crippen LogP contribution is -1.99. The Kier molecular flexibility index (Phi) is 3.55.